The molecule has 144 valence electrons. The Morgan fingerprint density at radius 2 is 1.96 bits per heavy atom. The van der Waals surface area contributed by atoms with Gasteiger partial charge in [0, 0.05) is 29.7 Å². The summed E-state index contributed by atoms with van der Waals surface area (Å²) in [4.78, 5) is 28.2. The molecule has 3 aromatic rings. The van der Waals surface area contributed by atoms with Gasteiger partial charge in [0.15, 0.2) is 6.61 Å². The van der Waals surface area contributed by atoms with E-state index in [9.17, 15) is 14.0 Å². The molecule has 0 unspecified atom stereocenters. The van der Waals surface area contributed by atoms with Crippen LogP contribution in [0.25, 0.3) is 11.3 Å². The number of hydrogen-bond donors (Lipinski definition) is 1. The number of halogens is 2. The van der Waals surface area contributed by atoms with Crippen molar-refractivity contribution in [3.63, 3.8) is 0 Å². The summed E-state index contributed by atoms with van der Waals surface area (Å²) in [6.07, 6.45) is 1.40. The van der Waals surface area contributed by atoms with E-state index < -0.39 is 0 Å². The van der Waals surface area contributed by atoms with Crippen LogP contribution in [0.15, 0.2) is 65.7 Å². The van der Waals surface area contributed by atoms with E-state index in [0.29, 0.717) is 22.0 Å². The van der Waals surface area contributed by atoms with Crippen LogP contribution < -0.4 is 15.6 Å². The predicted molar refractivity (Wildman–Crippen MR) is 104 cm³/mol. The predicted octanol–water partition coefficient (Wildman–Crippen LogP) is 2.90. The molecular weight excluding hydrogens is 385 g/mol. The molecule has 3 rings (SSSR count). The number of benzene rings is 2. The van der Waals surface area contributed by atoms with Crippen LogP contribution in [0, 0.1) is 5.82 Å². The third-order valence-electron chi connectivity index (χ3n) is 3.86. The van der Waals surface area contributed by atoms with Crippen LogP contribution in [0.5, 0.6) is 5.75 Å². The van der Waals surface area contributed by atoms with E-state index in [2.05, 4.69) is 10.3 Å². The van der Waals surface area contributed by atoms with Crippen molar-refractivity contribution >= 4 is 17.5 Å². The van der Waals surface area contributed by atoms with Crippen molar-refractivity contribution in [1.29, 1.82) is 0 Å². The molecule has 0 aliphatic carbocycles. The van der Waals surface area contributed by atoms with Crippen molar-refractivity contribution < 1.29 is 13.9 Å². The molecule has 1 aromatic heterocycles. The molecule has 0 aliphatic heterocycles. The normalized spacial score (nSPS) is 10.5. The first-order valence-electron chi connectivity index (χ1n) is 8.49. The largest absolute Gasteiger partial charge is 0.484 e. The zero-order valence-corrected chi connectivity index (χ0v) is 15.5. The zero-order chi connectivity index (χ0) is 19.9. The van der Waals surface area contributed by atoms with Gasteiger partial charge < -0.3 is 10.1 Å². The average molecular weight is 402 g/mol. The number of hydrogen-bond acceptors (Lipinski definition) is 4. The van der Waals surface area contributed by atoms with E-state index in [-0.39, 0.29) is 37.0 Å². The summed E-state index contributed by atoms with van der Waals surface area (Å²) in [6.45, 7) is 0.352. The van der Waals surface area contributed by atoms with Gasteiger partial charge in [0.1, 0.15) is 11.6 Å². The second-order valence-corrected chi connectivity index (χ2v) is 6.35. The minimum atomic E-state index is -0.354. The summed E-state index contributed by atoms with van der Waals surface area (Å²) in [5.74, 6) is -0.171. The van der Waals surface area contributed by atoms with E-state index in [4.69, 9.17) is 16.3 Å². The molecular formula is C20H17ClFN3O3. The maximum absolute atomic E-state index is 13.0. The Hall–Kier alpha value is -3.19. The molecule has 0 radical (unpaired) electrons. The minimum Gasteiger partial charge on any atom is -0.484 e. The summed E-state index contributed by atoms with van der Waals surface area (Å²) in [5, 5.41) is 3.19. The Balaban J connectivity index is 1.49. The highest BCUT2D eigenvalue weighted by Gasteiger charge is 2.06. The monoisotopic (exact) mass is 401 g/mol. The van der Waals surface area contributed by atoms with Gasteiger partial charge in [-0.15, -0.1) is 0 Å². The molecule has 28 heavy (non-hydrogen) atoms. The first-order valence-corrected chi connectivity index (χ1v) is 8.86. The highest BCUT2D eigenvalue weighted by atomic mass is 35.5. The van der Waals surface area contributed by atoms with Crippen molar-refractivity contribution in [3.8, 4) is 17.0 Å². The molecule has 1 heterocycles. The van der Waals surface area contributed by atoms with Crippen molar-refractivity contribution in [2.45, 2.75) is 6.54 Å². The van der Waals surface area contributed by atoms with E-state index in [1.165, 1.54) is 29.1 Å². The topological polar surface area (TPSA) is 73.2 Å². The van der Waals surface area contributed by atoms with Gasteiger partial charge in [0.2, 0.25) is 0 Å². The molecule has 0 saturated carbocycles. The number of aromatic nitrogens is 2. The molecule has 0 aliphatic rings. The number of nitrogens with zero attached hydrogens (tertiary/aromatic N) is 2. The average Bonchev–Trinajstić information content (AvgIpc) is 2.68. The van der Waals surface area contributed by atoms with Gasteiger partial charge in [0.05, 0.1) is 12.0 Å². The third kappa shape index (κ3) is 5.40. The molecule has 2 aromatic carbocycles. The standard InChI is InChI=1S/C20H17ClFN3O3/c21-15-2-1-3-17(10-15)28-12-19(26)23-8-9-25-13-24-18(11-20(25)27)14-4-6-16(22)7-5-14/h1-7,10-11,13H,8-9,12H2,(H,23,26). The smallest absolute Gasteiger partial charge is 0.258 e. The Morgan fingerprint density at radius 1 is 1.18 bits per heavy atom. The summed E-state index contributed by atoms with van der Waals surface area (Å²) in [6, 6.07) is 13.9. The molecule has 8 heteroatoms. The zero-order valence-electron chi connectivity index (χ0n) is 14.8. The summed E-state index contributed by atoms with van der Waals surface area (Å²) in [7, 11) is 0. The Bertz CT molecular complexity index is 1020. The van der Waals surface area contributed by atoms with E-state index in [1.807, 2.05) is 0 Å². The lowest BCUT2D eigenvalue weighted by Crippen LogP contribution is -2.33. The first-order chi connectivity index (χ1) is 13.5. The minimum absolute atomic E-state index is 0.156. The highest BCUT2D eigenvalue weighted by molar-refractivity contribution is 6.30. The van der Waals surface area contributed by atoms with Gasteiger partial charge in [-0.05, 0) is 42.5 Å². The molecule has 0 fully saturated rings. The number of carbonyl (C=O) groups is 1. The maximum atomic E-state index is 13.0. The van der Waals surface area contributed by atoms with Crippen LogP contribution in [-0.2, 0) is 11.3 Å². The molecule has 0 spiro atoms. The fraction of sp³-hybridized carbons (Fsp3) is 0.150. The second kappa shape index (κ2) is 9.14. The number of rotatable bonds is 7. The Labute approximate surface area is 165 Å². The van der Waals surface area contributed by atoms with Crippen LogP contribution in [0.3, 0.4) is 0 Å². The van der Waals surface area contributed by atoms with Crippen LogP contribution in [0.2, 0.25) is 5.02 Å². The van der Waals surface area contributed by atoms with Crippen molar-refractivity contribution in [2.24, 2.45) is 0 Å². The highest BCUT2D eigenvalue weighted by Crippen LogP contribution is 2.17. The summed E-state index contributed by atoms with van der Waals surface area (Å²) < 4.78 is 19.7. The van der Waals surface area contributed by atoms with E-state index in [0.717, 1.165) is 0 Å². The van der Waals surface area contributed by atoms with Crippen LogP contribution >= 0.6 is 11.6 Å². The lowest BCUT2D eigenvalue weighted by molar-refractivity contribution is -0.123. The lowest BCUT2D eigenvalue weighted by Gasteiger charge is -2.09. The van der Waals surface area contributed by atoms with Crippen LogP contribution in [0.4, 0.5) is 4.39 Å². The third-order valence-corrected chi connectivity index (χ3v) is 4.10. The number of ether oxygens (including phenoxy) is 1. The van der Waals surface area contributed by atoms with Crippen molar-refractivity contribution in [3.05, 3.63) is 82.1 Å². The Kier molecular flexibility index (Phi) is 6.39. The number of carbonyl (C=O) groups excluding carboxylic acids is 1. The van der Waals surface area contributed by atoms with Gasteiger partial charge in [-0.25, -0.2) is 9.37 Å². The van der Waals surface area contributed by atoms with E-state index in [1.54, 1.807) is 36.4 Å². The second-order valence-electron chi connectivity index (χ2n) is 5.91. The molecule has 0 atom stereocenters. The Morgan fingerprint density at radius 3 is 2.68 bits per heavy atom. The summed E-state index contributed by atoms with van der Waals surface area (Å²) in [5.41, 5.74) is 0.844. The van der Waals surface area contributed by atoms with Gasteiger partial charge >= 0.3 is 0 Å². The van der Waals surface area contributed by atoms with Crippen LogP contribution in [-0.4, -0.2) is 28.6 Å². The molecule has 6 nitrogen and oxygen atoms in total. The van der Waals surface area contributed by atoms with Crippen LogP contribution in [0.1, 0.15) is 0 Å². The fourth-order valence-corrected chi connectivity index (χ4v) is 2.63. The number of nitrogens with one attached hydrogen (secondary N) is 1. The number of amides is 1. The molecule has 1 N–H and O–H groups in total. The van der Waals surface area contributed by atoms with Gasteiger partial charge in [-0.1, -0.05) is 17.7 Å². The quantitative estimate of drug-likeness (QED) is 0.660. The van der Waals surface area contributed by atoms with Crippen molar-refractivity contribution in [2.75, 3.05) is 13.2 Å². The van der Waals surface area contributed by atoms with E-state index >= 15 is 0 Å². The summed E-state index contributed by atoms with van der Waals surface area (Å²) >= 11 is 5.85. The maximum Gasteiger partial charge on any atom is 0.258 e. The fourth-order valence-electron chi connectivity index (χ4n) is 2.44. The molecule has 0 bridgehead atoms. The first kappa shape index (κ1) is 19.6. The van der Waals surface area contributed by atoms with Gasteiger partial charge in [-0.2, -0.15) is 0 Å². The molecule has 0 saturated heterocycles. The SMILES string of the molecule is O=C(COc1cccc(Cl)c1)NCCn1cnc(-c2ccc(F)cc2)cc1=O. The van der Waals surface area contributed by atoms with Crippen molar-refractivity contribution in [1.82, 2.24) is 14.9 Å². The van der Waals surface area contributed by atoms with Gasteiger partial charge in [0.25, 0.3) is 11.5 Å². The van der Waals surface area contributed by atoms with Gasteiger partial charge in [-0.3, -0.25) is 14.2 Å². The molecule has 1 amide bonds. The lowest BCUT2D eigenvalue weighted by atomic mass is 10.1.